The molecule has 0 saturated heterocycles. The highest BCUT2D eigenvalue weighted by atomic mass is 32.1. The summed E-state index contributed by atoms with van der Waals surface area (Å²) in [6.45, 7) is 2.26. The number of carboxylic acid groups (broad SMARTS) is 1. The van der Waals surface area contributed by atoms with Gasteiger partial charge >= 0.3 is 12.1 Å². The monoisotopic (exact) mass is 575 g/mol. The predicted molar refractivity (Wildman–Crippen MR) is 145 cm³/mol. The third-order valence-electron chi connectivity index (χ3n) is 5.04. The van der Waals surface area contributed by atoms with Gasteiger partial charge in [0.2, 0.25) is 0 Å². The molecule has 1 aromatic carbocycles. The molecule has 0 spiro atoms. The number of hydrazone groups is 1. The van der Waals surface area contributed by atoms with Crippen molar-refractivity contribution in [2.45, 2.75) is 19.6 Å². The highest BCUT2D eigenvalue weighted by Gasteiger charge is 2.30. The van der Waals surface area contributed by atoms with E-state index in [0.717, 1.165) is 47.0 Å². The fourth-order valence-electron chi connectivity index (χ4n) is 3.10. The summed E-state index contributed by atoms with van der Waals surface area (Å²) in [6, 6.07) is 12.9. The number of benzene rings is 1. The van der Waals surface area contributed by atoms with Crippen LogP contribution >= 0.6 is 22.7 Å². The molecule has 0 fully saturated rings. The van der Waals surface area contributed by atoms with Crippen LogP contribution in [0.15, 0.2) is 71.3 Å². The number of hydrogen-bond donors (Lipinski definition) is 3. The van der Waals surface area contributed by atoms with Gasteiger partial charge in [-0.15, -0.1) is 29.2 Å². The third-order valence-corrected chi connectivity index (χ3v) is 7.13. The smallest absolute Gasteiger partial charge is 0.416 e. The number of halogens is 3. The lowest BCUT2D eigenvalue weighted by atomic mass is 10.1. The third kappa shape index (κ3) is 7.96. The van der Waals surface area contributed by atoms with Crippen LogP contribution in [0, 0.1) is 0 Å². The van der Waals surface area contributed by atoms with Crippen molar-refractivity contribution in [3.8, 4) is 16.2 Å². The van der Waals surface area contributed by atoms with Crippen LogP contribution in [-0.2, 0) is 12.7 Å². The number of hydrogen-bond acceptors (Lipinski definition) is 7. The summed E-state index contributed by atoms with van der Waals surface area (Å²) in [6.07, 6.45) is -2.67. The Morgan fingerprint density at radius 2 is 1.77 bits per heavy atom. The average Bonchev–Trinajstić information content (AvgIpc) is 3.56. The van der Waals surface area contributed by atoms with Gasteiger partial charge < -0.3 is 15.5 Å². The molecular weight excluding hydrogens is 553 g/mol. The van der Waals surface area contributed by atoms with Crippen LogP contribution in [0.2, 0.25) is 0 Å². The lowest BCUT2D eigenvalue weighted by Gasteiger charge is -2.08. The number of rotatable bonds is 7. The minimum absolute atomic E-state index is 0.0116. The normalized spacial score (nSPS) is 11.5. The summed E-state index contributed by atoms with van der Waals surface area (Å²) in [7, 11) is 1.79. The number of aromatic hydroxyl groups is 1. The van der Waals surface area contributed by atoms with Crippen LogP contribution in [0.3, 0.4) is 0 Å². The molecule has 0 unspecified atom stereocenters. The molecule has 8 nitrogen and oxygen atoms in total. The van der Waals surface area contributed by atoms with Gasteiger partial charge in [0.15, 0.2) is 0 Å². The zero-order chi connectivity index (χ0) is 28.6. The lowest BCUT2D eigenvalue weighted by Crippen LogP contribution is -2.18. The van der Waals surface area contributed by atoms with E-state index in [0.29, 0.717) is 16.0 Å². The van der Waals surface area contributed by atoms with Crippen molar-refractivity contribution in [3.05, 3.63) is 98.1 Å². The van der Waals surface area contributed by atoms with E-state index in [1.807, 2.05) is 18.2 Å². The van der Waals surface area contributed by atoms with Crippen LogP contribution in [0.5, 0.6) is 5.75 Å². The maximum Gasteiger partial charge on any atom is 0.416 e. The van der Waals surface area contributed by atoms with E-state index in [9.17, 15) is 27.9 Å². The molecular formula is C26H22F3N4O4S2-. The molecule has 3 aromatic heterocycles. The van der Waals surface area contributed by atoms with E-state index in [1.165, 1.54) is 31.2 Å². The Bertz CT molecular complexity index is 1450. The molecule has 0 radical (unpaired) electrons. The Morgan fingerprint density at radius 1 is 1.08 bits per heavy atom. The number of pyridine rings is 1. The van der Waals surface area contributed by atoms with Gasteiger partial charge in [-0.2, -0.15) is 25.3 Å². The maximum atomic E-state index is 12.7. The first-order valence-corrected chi connectivity index (χ1v) is 12.8. The van der Waals surface area contributed by atoms with Crippen LogP contribution < -0.4 is 5.43 Å². The van der Waals surface area contributed by atoms with E-state index in [4.69, 9.17) is 5.11 Å². The second-order valence-electron chi connectivity index (χ2n) is 7.80. The van der Waals surface area contributed by atoms with Crippen molar-refractivity contribution in [2.24, 2.45) is 5.10 Å². The Hall–Kier alpha value is -4.07. The summed E-state index contributed by atoms with van der Waals surface area (Å²) in [5.74, 6) is -1.91. The van der Waals surface area contributed by atoms with Gasteiger partial charge in [-0.25, -0.2) is 10.2 Å². The number of nitrogens with zero attached hydrogens (tertiary/aromatic N) is 3. The molecule has 4 aromatic rings. The van der Waals surface area contributed by atoms with Crippen LogP contribution in [0.25, 0.3) is 15.8 Å². The molecule has 0 aliphatic heterocycles. The van der Waals surface area contributed by atoms with Gasteiger partial charge in [-0.05, 0) is 48.9 Å². The topological polar surface area (TPSA) is 126 Å². The number of thiophene rings is 2. The molecule has 3 N–H and O–H groups in total. The lowest BCUT2D eigenvalue weighted by molar-refractivity contribution is -0.137. The number of nitrogens with one attached hydrogen (secondary N) is 1. The molecule has 0 atom stereocenters. The first-order valence-electron chi connectivity index (χ1n) is 11.1. The zero-order valence-electron chi connectivity index (χ0n) is 20.6. The van der Waals surface area contributed by atoms with E-state index >= 15 is 0 Å². The minimum Gasteiger partial charge on any atom is -0.660 e. The van der Waals surface area contributed by atoms with E-state index in [2.05, 4.69) is 20.8 Å². The number of carboxylic acids is 1. The van der Waals surface area contributed by atoms with Crippen LogP contribution in [0.1, 0.15) is 43.1 Å². The second kappa shape index (κ2) is 13.1. The Kier molecular flexibility index (Phi) is 9.93. The molecule has 0 bridgehead atoms. The van der Waals surface area contributed by atoms with Crippen molar-refractivity contribution in [1.29, 1.82) is 0 Å². The highest BCUT2D eigenvalue weighted by molar-refractivity contribution is 7.15. The number of carbonyl (C=O) groups is 2. The minimum atomic E-state index is -4.45. The predicted octanol–water partition coefficient (Wildman–Crippen LogP) is 6.64. The Morgan fingerprint density at radius 3 is 2.33 bits per heavy atom. The van der Waals surface area contributed by atoms with Gasteiger partial charge in [0.05, 0.1) is 26.6 Å². The van der Waals surface area contributed by atoms with Crippen LogP contribution in [0.4, 0.5) is 13.2 Å². The summed E-state index contributed by atoms with van der Waals surface area (Å²) in [4.78, 5) is 27.6. The standard InChI is InChI=1S/C19H13F3N2O4S2.C7H9N2/c1-9(23-24-17(26)13-6-7-14(30-13)18(27)28)12-8-29-16(15(12)25)10-2-4-11(5-3-10)19(20,21)22;1-8-6-7-4-2-3-5-9-7/h2-8,25H,1H3,(H,24,26)(H,27,28);2-5H,6H2,1H3/q;-1. The molecule has 13 heteroatoms. The molecule has 1 amide bonds. The SMILES string of the molecule is CC(=NNC(=O)c1ccc(C(=O)O)s1)c1csc(-c2ccc(C(F)(F)F)cc2)c1O.C[N-]Cc1ccccn1. The number of alkyl halides is 3. The fourth-order valence-corrected chi connectivity index (χ4v) is 4.85. The molecule has 3 heterocycles. The number of aromatic carboxylic acids is 1. The van der Waals surface area contributed by atoms with Crippen molar-refractivity contribution >= 4 is 40.3 Å². The maximum absolute atomic E-state index is 12.7. The summed E-state index contributed by atoms with van der Waals surface area (Å²) in [5, 5.41) is 28.8. The molecule has 39 heavy (non-hydrogen) atoms. The zero-order valence-corrected chi connectivity index (χ0v) is 22.2. The average molecular weight is 576 g/mol. The number of aromatic nitrogens is 1. The van der Waals surface area contributed by atoms with Crippen molar-refractivity contribution in [3.63, 3.8) is 0 Å². The highest BCUT2D eigenvalue weighted by Crippen LogP contribution is 2.40. The Labute approximate surface area is 229 Å². The van der Waals surface area contributed by atoms with E-state index in [-0.39, 0.29) is 21.2 Å². The van der Waals surface area contributed by atoms with Crippen molar-refractivity contribution in [1.82, 2.24) is 10.4 Å². The molecule has 0 saturated carbocycles. The summed E-state index contributed by atoms with van der Waals surface area (Å²) in [5.41, 5.74) is 3.52. The van der Waals surface area contributed by atoms with Crippen LogP contribution in [-0.4, -0.2) is 39.8 Å². The van der Waals surface area contributed by atoms with Gasteiger partial charge in [0.25, 0.3) is 5.91 Å². The van der Waals surface area contributed by atoms with Crippen molar-refractivity contribution in [2.75, 3.05) is 7.05 Å². The quantitative estimate of drug-likeness (QED) is 0.168. The molecule has 204 valence electrons. The molecule has 4 rings (SSSR count). The number of carbonyl (C=O) groups excluding carboxylic acids is 1. The van der Waals surface area contributed by atoms with Gasteiger partial charge in [-0.1, -0.05) is 18.2 Å². The molecule has 0 aliphatic rings. The molecule has 0 aliphatic carbocycles. The first kappa shape index (κ1) is 29.5. The fraction of sp³-hybridized carbons (Fsp3) is 0.154. The van der Waals surface area contributed by atoms with Gasteiger partial charge in [-0.3, -0.25) is 9.78 Å². The van der Waals surface area contributed by atoms with Gasteiger partial charge in [0, 0.05) is 17.3 Å². The first-order chi connectivity index (χ1) is 18.5. The summed E-state index contributed by atoms with van der Waals surface area (Å²) < 4.78 is 38.1. The van der Waals surface area contributed by atoms with E-state index < -0.39 is 23.6 Å². The number of amides is 1. The summed E-state index contributed by atoms with van der Waals surface area (Å²) >= 11 is 1.92. The largest absolute Gasteiger partial charge is 0.660 e. The van der Waals surface area contributed by atoms with Gasteiger partial charge in [0.1, 0.15) is 10.6 Å². The van der Waals surface area contributed by atoms with Crippen molar-refractivity contribution < 1.29 is 33.0 Å². The van der Waals surface area contributed by atoms with E-state index in [1.54, 1.807) is 18.6 Å². The Balaban J connectivity index is 0.000000395. The second-order valence-corrected chi connectivity index (χ2v) is 9.77.